The Kier molecular flexibility index (Phi) is 4.57. The molecule has 0 radical (unpaired) electrons. The monoisotopic (exact) mass is 357 g/mol. The highest BCUT2D eigenvalue weighted by molar-refractivity contribution is 6.04. The van der Waals surface area contributed by atoms with Crippen LogP contribution in [0.2, 0.25) is 0 Å². The molecule has 26 heavy (non-hydrogen) atoms. The van der Waals surface area contributed by atoms with E-state index < -0.39 is 5.79 Å². The van der Waals surface area contributed by atoms with Gasteiger partial charge >= 0.3 is 0 Å². The number of benzene rings is 1. The minimum absolute atomic E-state index is 0.296. The summed E-state index contributed by atoms with van der Waals surface area (Å²) in [5, 5.41) is 2.77. The van der Waals surface area contributed by atoms with Gasteiger partial charge < -0.3 is 19.7 Å². The number of pyridine rings is 1. The molecule has 2 aromatic rings. The second kappa shape index (κ2) is 7.01. The quantitative estimate of drug-likeness (QED) is 0.915. The molecule has 2 fully saturated rings. The molecule has 0 bridgehead atoms. The Hall–Kier alpha value is -2.51. The highest BCUT2D eigenvalue weighted by Gasteiger charge is 2.39. The molecular weight excluding hydrogens is 337 g/mol. The van der Waals surface area contributed by atoms with Crippen LogP contribution in [-0.2, 0) is 9.47 Å². The number of nitrogens with one attached hydrogen (secondary N) is 1. The van der Waals surface area contributed by atoms with Crippen LogP contribution in [0.25, 0.3) is 0 Å². The van der Waals surface area contributed by atoms with Crippen LogP contribution in [-0.4, -0.2) is 43.0 Å². The maximum atomic E-state index is 12.9. The van der Waals surface area contributed by atoms with Crippen molar-refractivity contribution in [2.24, 2.45) is 0 Å². The number of carbonyl (C=O) groups excluding carboxylic acids is 1. The second-order valence-electron chi connectivity index (χ2n) is 6.46. The van der Waals surface area contributed by atoms with Crippen LogP contribution in [0.1, 0.15) is 23.2 Å². The summed E-state index contributed by atoms with van der Waals surface area (Å²) in [4.78, 5) is 18.8. The number of amides is 1. The number of piperidine rings is 1. The summed E-state index contributed by atoms with van der Waals surface area (Å²) < 4.78 is 24.4. The van der Waals surface area contributed by atoms with Gasteiger partial charge in [0.25, 0.3) is 5.91 Å². The van der Waals surface area contributed by atoms with E-state index in [4.69, 9.17) is 9.47 Å². The number of rotatable bonds is 3. The van der Waals surface area contributed by atoms with Crippen molar-refractivity contribution >= 4 is 17.4 Å². The van der Waals surface area contributed by atoms with Crippen LogP contribution in [0.3, 0.4) is 0 Å². The topological polar surface area (TPSA) is 63.7 Å². The fourth-order valence-corrected chi connectivity index (χ4v) is 3.31. The summed E-state index contributed by atoms with van der Waals surface area (Å²) in [7, 11) is 0. The van der Waals surface area contributed by atoms with E-state index >= 15 is 0 Å². The van der Waals surface area contributed by atoms with Crippen molar-refractivity contribution in [2.45, 2.75) is 18.6 Å². The van der Waals surface area contributed by atoms with Crippen molar-refractivity contribution in [3.05, 3.63) is 54.0 Å². The first kappa shape index (κ1) is 16.9. The lowest BCUT2D eigenvalue weighted by molar-refractivity contribution is -0.169. The molecule has 1 spiro atoms. The summed E-state index contributed by atoms with van der Waals surface area (Å²) in [6.07, 6.45) is 3.26. The van der Waals surface area contributed by atoms with E-state index in [1.807, 2.05) is 12.1 Å². The van der Waals surface area contributed by atoms with E-state index in [2.05, 4.69) is 15.2 Å². The summed E-state index contributed by atoms with van der Waals surface area (Å²) in [5.74, 6) is -0.212. The fraction of sp³-hybridized carbons (Fsp3) is 0.368. The molecule has 0 atom stereocenters. The maximum absolute atomic E-state index is 12.9. The Morgan fingerprint density at radius 1 is 1.08 bits per heavy atom. The van der Waals surface area contributed by atoms with Gasteiger partial charge in [-0.1, -0.05) is 0 Å². The number of halogens is 1. The molecule has 136 valence electrons. The Bertz CT molecular complexity index is 764. The average Bonchev–Trinajstić information content (AvgIpc) is 3.12. The number of carbonyl (C=O) groups is 1. The Labute approximate surface area is 150 Å². The molecule has 2 aliphatic heterocycles. The highest BCUT2D eigenvalue weighted by Crippen LogP contribution is 2.32. The standard InChI is InChI=1S/C19H20FN3O3/c20-15-3-1-14(2-4-15)18(24)22-16-5-6-17(21-13-16)23-9-7-19(8-10-23)25-11-12-26-19/h1-6,13H,7-12H2,(H,22,24). The Balaban J connectivity index is 1.36. The third kappa shape index (κ3) is 3.54. The molecule has 2 aliphatic rings. The van der Waals surface area contributed by atoms with Crippen LogP contribution < -0.4 is 10.2 Å². The van der Waals surface area contributed by atoms with Crippen LogP contribution in [0.5, 0.6) is 0 Å². The minimum atomic E-state index is -0.403. The van der Waals surface area contributed by atoms with Crippen LogP contribution in [0.4, 0.5) is 15.9 Å². The van der Waals surface area contributed by atoms with Gasteiger partial charge in [0, 0.05) is 31.5 Å². The predicted octanol–water partition coefficient (Wildman–Crippen LogP) is 2.82. The molecule has 1 amide bonds. The lowest BCUT2D eigenvalue weighted by Gasteiger charge is -2.38. The summed E-state index contributed by atoms with van der Waals surface area (Å²) in [6, 6.07) is 9.12. The van der Waals surface area contributed by atoms with Crippen LogP contribution in [0, 0.1) is 5.82 Å². The molecule has 1 aromatic carbocycles. The van der Waals surface area contributed by atoms with E-state index in [9.17, 15) is 9.18 Å². The van der Waals surface area contributed by atoms with E-state index in [-0.39, 0.29) is 11.7 Å². The van der Waals surface area contributed by atoms with Gasteiger partial charge in [-0.2, -0.15) is 0 Å². The smallest absolute Gasteiger partial charge is 0.255 e. The maximum Gasteiger partial charge on any atom is 0.255 e. The van der Waals surface area contributed by atoms with Crippen LogP contribution >= 0.6 is 0 Å². The summed E-state index contributed by atoms with van der Waals surface area (Å²) >= 11 is 0. The molecule has 7 heteroatoms. The van der Waals surface area contributed by atoms with Crippen molar-refractivity contribution in [3.63, 3.8) is 0 Å². The first-order valence-corrected chi connectivity index (χ1v) is 8.69. The molecule has 4 rings (SSSR count). The van der Waals surface area contributed by atoms with Gasteiger partial charge in [-0.05, 0) is 36.4 Å². The number of ether oxygens (including phenoxy) is 2. The normalized spacial score (nSPS) is 18.9. The lowest BCUT2D eigenvalue weighted by Crippen LogP contribution is -2.45. The molecule has 0 unspecified atom stereocenters. The zero-order valence-electron chi connectivity index (χ0n) is 14.3. The zero-order chi connectivity index (χ0) is 18.0. The van der Waals surface area contributed by atoms with Gasteiger partial charge in [0.05, 0.1) is 25.1 Å². The van der Waals surface area contributed by atoms with Gasteiger partial charge in [0.1, 0.15) is 11.6 Å². The number of anilines is 2. The molecule has 6 nitrogen and oxygen atoms in total. The first-order chi connectivity index (χ1) is 12.6. The van der Waals surface area contributed by atoms with Gasteiger partial charge in [-0.25, -0.2) is 9.37 Å². The second-order valence-corrected chi connectivity index (χ2v) is 6.46. The van der Waals surface area contributed by atoms with Crippen molar-refractivity contribution in [3.8, 4) is 0 Å². The van der Waals surface area contributed by atoms with Crippen molar-refractivity contribution in [1.29, 1.82) is 0 Å². The average molecular weight is 357 g/mol. The van der Waals surface area contributed by atoms with Crippen molar-refractivity contribution in [1.82, 2.24) is 4.98 Å². The third-order valence-electron chi connectivity index (χ3n) is 4.77. The summed E-state index contributed by atoms with van der Waals surface area (Å²) in [6.45, 7) is 2.96. The molecule has 1 aromatic heterocycles. The molecule has 0 aliphatic carbocycles. The predicted molar refractivity (Wildman–Crippen MR) is 94.7 cm³/mol. The van der Waals surface area contributed by atoms with Gasteiger partial charge in [0.2, 0.25) is 0 Å². The van der Waals surface area contributed by atoms with E-state index in [0.29, 0.717) is 24.5 Å². The highest BCUT2D eigenvalue weighted by atomic mass is 19.1. The molecule has 1 N–H and O–H groups in total. The number of hydrogen-bond donors (Lipinski definition) is 1. The van der Waals surface area contributed by atoms with Gasteiger partial charge in [0.15, 0.2) is 5.79 Å². The van der Waals surface area contributed by atoms with Crippen LogP contribution in [0.15, 0.2) is 42.6 Å². The number of aromatic nitrogens is 1. The largest absolute Gasteiger partial charge is 0.356 e. The first-order valence-electron chi connectivity index (χ1n) is 8.69. The van der Waals surface area contributed by atoms with Crippen molar-refractivity contribution in [2.75, 3.05) is 36.5 Å². The fourth-order valence-electron chi connectivity index (χ4n) is 3.31. The minimum Gasteiger partial charge on any atom is -0.356 e. The summed E-state index contributed by atoms with van der Waals surface area (Å²) in [5.41, 5.74) is 0.993. The number of nitrogens with zero attached hydrogens (tertiary/aromatic N) is 2. The van der Waals surface area contributed by atoms with Gasteiger partial charge in [-0.3, -0.25) is 4.79 Å². The molecule has 3 heterocycles. The third-order valence-corrected chi connectivity index (χ3v) is 4.77. The van der Waals surface area contributed by atoms with E-state index in [1.54, 1.807) is 6.20 Å². The Morgan fingerprint density at radius 3 is 2.38 bits per heavy atom. The van der Waals surface area contributed by atoms with Gasteiger partial charge in [-0.15, -0.1) is 0 Å². The molecule has 0 saturated carbocycles. The van der Waals surface area contributed by atoms with E-state index in [1.165, 1.54) is 24.3 Å². The zero-order valence-corrected chi connectivity index (χ0v) is 14.3. The van der Waals surface area contributed by atoms with E-state index in [0.717, 1.165) is 31.7 Å². The molecule has 2 saturated heterocycles. The Morgan fingerprint density at radius 2 is 1.77 bits per heavy atom. The lowest BCUT2D eigenvalue weighted by atomic mass is 10.0. The molecular formula is C19H20FN3O3. The number of hydrogen-bond acceptors (Lipinski definition) is 5. The van der Waals surface area contributed by atoms with Crippen molar-refractivity contribution < 1.29 is 18.7 Å². The SMILES string of the molecule is O=C(Nc1ccc(N2CCC3(CC2)OCCO3)nc1)c1ccc(F)cc1.